The van der Waals surface area contributed by atoms with Gasteiger partial charge in [0.25, 0.3) is 0 Å². The van der Waals surface area contributed by atoms with E-state index in [1.165, 1.54) is 7.11 Å². The third-order valence-electron chi connectivity index (χ3n) is 8.75. The molecule has 17 heteroatoms. The quantitative estimate of drug-likeness (QED) is 0.0579. The molecule has 1 aliphatic rings. The fourth-order valence-electron chi connectivity index (χ4n) is 6.15. The van der Waals surface area contributed by atoms with Crippen molar-refractivity contribution < 1.29 is 52.6 Å². The van der Waals surface area contributed by atoms with Crippen LogP contribution in [0.3, 0.4) is 0 Å². The van der Waals surface area contributed by atoms with Crippen LogP contribution in [0.1, 0.15) is 41.3 Å². The number of benzene rings is 4. The van der Waals surface area contributed by atoms with Crippen LogP contribution in [0, 0.1) is 6.57 Å². The van der Waals surface area contributed by atoms with Crippen molar-refractivity contribution in [1.29, 1.82) is 0 Å². The van der Waals surface area contributed by atoms with Crippen LogP contribution in [0.4, 0.5) is 0 Å². The molecule has 1 unspecified atom stereocenters. The number of H-pyrrole nitrogens is 2. The summed E-state index contributed by atoms with van der Waals surface area (Å²) in [6.45, 7) is 10.1. The molecule has 320 valence electrons. The molecule has 0 spiro atoms. The summed E-state index contributed by atoms with van der Waals surface area (Å²) < 4.78 is 38.1. The van der Waals surface area contributed by atoms with Gasteiger partial charge in [-0.3, -0.25) is 4.79 Å². The number of nitrogens with one attached hydrogen (secondary N) is 2. The van der Waals surface area contributed by atoms with Gasteiger partial charge in [0.15, 0.2) is 23.0 Å². The van der Waals surface area contributed by atoms with Crippen LogP contribution in [0.15, 0.2) is 99.5 Å². The first-order chi connectivity index (χ1) is 29.4. The monoisotopic (exact) mass is 962 g/mol. The lowest BCUT2D eigenvalue weighted by atomic mass is 9.82. The minimum absolute atomic E-state index is 0.0190. The normalized spacial score (nSPS) is 12.3. The van der Waals surface area contributed by atoms with E-state index in [9.17, 15) is 19.5 Å². The first-order valence-corrected chi connectivity index (χ1v) is 20.0. The minimum Gasteiger partial charge on any atom is -0.507 e. The summed E-state index contributed by atoms with van der Waals surface area (Å²) >= 11 is 6.81. The molecular formula is C44H44Br2N4O11. The molecule has 2 aromatic heterocycles. The number of phenols is 1. The van der Waals surface area contributed by atoms with Gasteiger partial charge in [-0.15, -0.1) is 0 Å². The van der Waals surface area contributed by atoms with Crippen LogP contribution >= 0.6 is 31.9 Å². The molecule has 0 radical (unpaired) electrons. The Morgan fingerprint density at radius 3 is 2.02 bits per heavy atom. The second-order valence-corrected chi connectivity index (χ2v) is 14.1. The summed E-state index contributed by atoms with van der Waals surface area (Å²) in [5, 5.41) is 11.0. The Morgan fingerprint density at radius 2 is 1.44 bits per heavy atom. The molecule has 1 aliphatic heterocycles. The van der Waals surface area contributed by atoms with Crippen LogP contribution in [-0.2, 0) is 19.1 Å². The number of aromatic nitrogens is 2. The molecule has 0 saturated carbocycles. The highest BCUT2D eigenvalue weighted by Crippen LogP contribution is 2.48. The number of carbonyl (C=O) groups excluding carboxylic acids is 3. The standard InChI is InChI=1S/C22H21BrN2O5.C9H9BrO3.C8H7NO.C5H7NO2/c1-4-29-22(26)18-17(11-9-14(23)20(28-3)16(10-11)27-2)13-5-6-15-12(7-8-25-15)19(13)30-21(18)24;1-12-8-4-6(5-11)3-7(10)9(8)13-2;10-8-3-1-2-7-6(8)4-5-9-7;1-3-8-5(7)4-6-2/h5-10,17,25H,4,24H2,1-3H3;3-5H,1-2H3;1-5,9-10H;3-4H2,1H3. The number of ether oxygens (including phenoxy) is 7. The molecule has 6 aromatic rings. The first kappa shape index (κ1) is 47.0. The van der Waals surface area contributed by atoms with Crippen molar-refractivity contribution in [3.63, 3.8) is 0 Å². The molecule has 4 aromatic carbocycles. The van der Waals surface area contributed by atoms with Gasteiger partial charge in [-0.25, -0.2) is 16.2 Å². The molecule has 0 amide bonds. The number of nitrogens with zero attached hydrogens (tertiary/aromatic N) is 1. The number of aromatic hydroxyl groups is 1. The molecule has 0 saturated heterocycles. The average molecular weight is 965 g/mol. The summed E-state index contributed by atoms with van der Waals surface area (Å²) in [4.78, 5) is 42.6. The molecule has 0 bridgehead atoms. The average Bonchev–Trinajstić information content (AvgIpc) is 3.95. The Kier molecular flexibility index (Phi) is 17.5. The maximum Gasteiger partial charge on any atom is 0.387 e. The fraction of sp³-hybridized carbons (Fsp3) is 0.227. The summed E-state index contributed by atoms with van der Waals surface area (Å²) in [7, 11) is 6.20. The number of esters is 2. The Balaban J connectivity index is 0.000000215. The van der Waals surface area contributed by atoms with E-state index in [1.807, 2.05) is 60.9 Å². The molecule has 0 fully saturated rings. The molecule has 3 heterocycles. The number of nitrogens with two attached hydrogens (primary N) is 1. The number of methoxy groups -OCH3 is 4. The smallest absolute Gasteiger partial charge is 0.387 e. The molecule has 61 heavy (non-hydrogen) atoms. The number of hydrogen-bond acceptors (Lipinski definition) is 12. The first-order valence-electron chi connectivity index (χ1n) is 18.4. The second-order valence-electron chi connectivity index (χ2n) is 12.4. The van der Waals surface area contributed by atoms with Crippen molar-refractivity contribution in [2.45, 2.75) is 19.8 Å². The van der Waals surface area contributed by atoms with Gasteiger partial charge in [-0.1, -0.05) is 12.1 Å². The molecule has 0 aliphatic carbocycles. The third-order valence-corrected chi connectivity index (χ3v) is 9.93. The number of carbonyl (C=O) groups is 3. The lowest BCUT2D eigenvalue weighted by Crippen LogP contribution is -2.27. The zero-order valence-electron chi connectivity index (χ0n) is 34.1. The van der Waals surface area contributed by atoms with Gasteiger partial charge in [-0.2, -0.15) is 0 Å². The van der Waals surface area contributed by atoms with E-state index in [4.69, 9.17) is 40.7 Å². The van der Waals surface area contributed by atoms with Crippen molar-refractivity contribution in [3.8, 4) is 34.5 Å². The summed E-state index contributed by atoms with van der Waals surface area (Å²) in [6.07, 6.45) is 4.40. The topological polar surface area (TPSA) is 198 Å². The van der Waals surface area contributed by atoms with Crippen molar-refractivity contribution in [2.75, 3.05) is 48.2 Å². The van der Waals surface area contributed by atoms with E-state index in [0.29, 0.717) is 55.6 Å². The van der Waals surface area contributed by atoms with Gasteiger partial charge in [0.2, 0.25) is 5.88 Å². The zero-order chi connectivity index (χ0) is 44.6. The summed E-state index contributed by atoms with van der Waals surface area (Å²) in [5.74, 6) is 1.70. The zero-order valence-corrected chi connectivity index (χ0v) is 37.3. The number of hydrogen-bond donors (Lipinski definition) is 4. The van der Waals surface area contributed by atoms with Crippen molar-refractivity contribution in [2.24, 2.45) is 5.73 Å². The summed E-state index contributed by atoms with van der Waals surface area (Å²) in [6, 6.07) is 20.1. The second kappa shape index (κ2) is 22.7. The number of rotatable bonds is 10. The molecular weight excluding hydrogens is 920 g/mol. The van der Waals surface area contributed by atoms with Gasteiger partial charge in [0.05, 0.1) is 56.5 Å². The van der Waals surface area contributed by atoms with Gasteiger partial charge < -0.3 is 58.8 Å². The van der Waals surface area contributed by atoms with Crippen molar-refractivity contribution in [1.82, 2.24) is 9.97 Å². The van der Waals surface area contributed by atoms with Gasteiger partial charge in [0, 0.05) is 45.3 Å². The molecule has 5 N–H and O–H groups in total. The van der Waals surface area contributed by atoms with Crippen LogP contribution in [-0.4, -0.2) is 81.5 Å². The molecule has 15 nitrogen and oxygen atoms in total. The number of halogens is 2. The van der Waals surface area contributed by atoms with E-state index < -0.39 is 17.9 Å². The highest BCUT2D eigenvalue weighted by molar-refractivity contribution is 9.11. The minimum atomic E-state index is -0.522. The van der Waals surface area contributed by atoms with E-state index in [0.717, 1.165) is 39.2 Å². The van der Waals surface area contributed by atoms with Crippen LogP contribution in [0.5, 0.6) is 34.5 Å². The van der Waals surface area contributed by atoms with E-state index in [2.05, 4.69) is 51.4 Å². The van der Waals surface area contributed by atoms with Gasteiger partial charge in [-0.05, 0) is 106 Å². The SMILES string of the molecule is CCOC(=O)C1=C(N)Oc2c(ccc3[nH]ccc23)C1c1cc(Br)c(OC)c(OC)c1.COc1cc(C=O)cc(Br)c1OC.Oc1cccc2[nH]ccc12.[C-]#[N+]CC(=O)OCC. The maximum absolute atomic E-state index is 12.9. The predicted octanol–water partition coefficient (Wildman–Crippen LogP) is 8.83. The number of fused-ring (bicyclic) bond motifs is 4. The van der Waals surface area contributed by atoms with E-state index in [-0.39, 0.29) is 24.6 Å². The highest BCUT2D eigenvalue weighted by atomic mass is 79.9. The number of phenolic OH excluding ortho intramolecular Hbond substituents is 1. The fourth-order valence-corrected chi connectivity index (χ4v) is 7.39. The van der Waals surface area contributed by atoms with Crippen LogP contribution in [0.25, 0.3) is 26.7 Å². The van der Waals surface area contributed by atoms with Crippen molar-refractivity contribution in [3.05, 3.63) is 128 Å². The lowest BCUT2D eigenvalue weighted by Gasteiger charge is -2.29. The number of aldehydes is 1. The largest absolute Gasteiger partial charge is 0.507 e. The molecule has 1 atom stereocenters. The van der Waals surface area contributed by atoms with Crippen molar-refractivity contribution >= 4 is 71.9 Å². The van der Waals surface area contributed by atoms with Crippen LogP contribution < -0.4 is 29.4 Å². The Labute approximate surface area is 368 Å². The molecule has 7 rings (SSSR count). The maximum atomic E-state index is 12.9. The van der Waals surface area contributed by atoms with E-state index in [1.54, 1.807) is 53.4 Å². The van der Waals surface area contributed by atoms with Gasteiger partial charge >= 0.3 is 18.5 Å². The van der Waals surface area contributed by atoms with E-state index >= 15 is 0 Å². The lowest BCUT2D eigenvalue weighted by molar-refractivity contribution is -0.141. The summed E-state index contributed by atoms with van der Waals surface area (Å²) in [5.41, 5.74) is 10.5. The number of aromatic amines is 2. The Bertz CT molecular complexity index is 2560. The Hall–Kier alpha value is -6.64. The predicted molar refractivity (Wildman–Crippen MR) is 237 cm³/mol. The van der Waals surface area contributed by atoms with Gasteiger partial charge in [0.1, 0.15) is 23.4 Å². The highest BCUT2D eigenvalue weighted by Gasteiger charge is 2.37. The van der Waals surface area contributed by atoms with Crippen LogP contribution in [0.2, 0.25) is 0 Å². The third kappa shape index (κ3) is 11.4. The Morgan fingerprint density at radius 1 is 0.836 bits per heavy atom.